The fourth-order valence-electron chi connectivity index (χ4n) is 2.43. The lowest BCUT2D eigenvalue weighted by Crippen LogP contribution is -2.17. The molecule has 2 rings (SSSR count). The molecule has 27 heavy (non-hydrogen) atoms. The second kappa shape index (κ2) is 10.5. The lowest BCUT2D eigenvalue weighted by atomic mass is 10.1. The summed E-state index contributed by atoms with van der Waals surface area (Å²) < 4.78 is 7.14. The van der Waals surface area contributed by atoms with Gasteiger partial charge in [-0.3, -0.25) is 9.79 Å². The maximum atomic E-state index is 11.8. The van der Waals surface area contributed by atoms with Crippen LogP contribution in [0.1, 0.15) is 25.3 Å². The molecule has 0 saturated carbocycles. The molecule has 1 aromatic heterocycles. The molecular weight excluding hydrogens is 366 g/mol. The zero-order chi connectivity index (χ0) is 19.6. The molecule has 6 nitrogen and oxygen atoms in total. The van der Waals surface area contributed by atoms with E-state index in [0.29, 0.717) is 41.6 Å². The molecule has 144 valence electrons. The lowest BCUT2D eigenvalue weighted by Gasteiger charge is -2.09. The van der Waals surface area contributed by atoms with Gasteiger partial charge in [0.25, 0.3) is 5.56 Å². The third kappa shape index (κ3) is 5.98. The summed E-state index contributed by atoms with van der Waals surface area (Å²) in [7, 11) is 0. The van der Waals surface area contributed by atoms with Crippen molar-refractivity contribution in [2.45, 2.75) is 26.3 Å². The van der Waals surface area contributed by atoms with E-state index in [1.165, 1.54) is 12.3 Å². The van der Waals surface area contributed by atoms with Crippen LogP contribution >= 0.6 is 11.6 Å². The van der Waals surface area contributed by atoms with Crippen molar-refractivity contribution >= 4 is 29.1 Å². The van der Waals surface area contributed by atoms with Gasteiger partial charge in [0.2, 0.25) is 0 Å². The van der Waals surface area contributed by atoms with Crippen molar-refractivity contribution in [3.8, 4) is 5.75 Å². The number of aromatic nitrogens is 1. The first-order chi connectivity index (χ1) is 13.1. The van der Waals surface area contributed by atoms with Gasteiger partial charge in [-0.05, 0) is 30.7 Å². The number of aliphatic hydroxyl groups excluding tert-OH is 1. The molecule has 0 fully saturated rings. The monoisotopic (exact) mass is 389 g/mol. The van der Waals surface area contributed by atoms with Crippen molar-refractivity contribution in [1.29, 1.82) is 0 Å². The Hall–Kier alpha value is -2.57. The number of aliphatic hydroxyl groups is 1. The number of aliphatic imine (C=N–C) groups is 1. The minimum atomic E-state index is -0.0507. The molecule has 0 radical (unpaired) electrons. The number of rotatable bonds is 9. The summed E-state index contributed by atoms with van der Waals surface area (Å²) in [5, 5.41) is 9.28. The Bertz CT molecular complexity index is 875. The highest BCUT2D eigenvalue weighted by Crippen LogP contribution is 2.27. The summed E-state index contributed by atoms with van der Waals surface area (Å²) in [5.74, 6) is 0.622. The van der Waals surface area contributed by atoms with E-state index in [1.807, 2.05) is 6.92 Å². The number of nitrogens with two attached hydrogens (primary N) is 1. The van der Waals surface area contributed by atoms with Gasteiger partial charge in [-0.25, -0.2) is 0 Å². The second-order valence-electron chi connectivity index (χ2n) is 5.87. The van der Waals surface area contributed by atoms with Crippen LogP contribution in [0.25, 0.3) is 5.57 Å². The number of allylic oxidation sites excluding steroid dienone is 1. The Morgan fingerprint density at radius 2 is 2.19 bits per heavy atom. The van der Waals surface area contributed by atoms with Gasteiger partial charge in [-0.2, -0.15) is 0 Å². The van der Waals surface area contributed by atoms with Gasteiger partial charge in [0.05, 0.1) is 17.3 Å². The van der Waals surface area contributed by atoms with Crippen molar-refractivity contribution in [2.24, 2.45) is 10.7 Å². The highest BCUT2D eigenvalue weighted by Gasteiger charge is 2.07. The molecular formula is C20H24ClN3O3. The van der Waals surface area contributed by atoms with Gasteiger partial charge in [0.1, 0.15) is 5.75 Å². The summed E-state index contributed by atoms with van der Waals surface area (Å²) in [6.45, 7) is 3.15. The molecule has 0 saturated heterocycles. The predicted octanol–water partition coefficient (Wildman–Crippen LogP) is 3.38. The van der Waals surface area contributed by atoms with Gasteiger partial charge in [-0.1, -0.05) is 18.5 Å². The highest BCUT2D eigenvalue weighted by atomic mass is 35.5. The van der Waals surface area contributed by atoms with Crippen molar-refractivity contribution in [2.75, 3.05) is 13.2 Å². The Balaban J connectivity index is 2.19. The van der Waals surface area contributed by atoms with Gasteiger partial charge in [-0.15, -0.1) is 0 Å². The number of pyridine rings is 1. The van der Waals surface area contributed by atoms with Crippen molar-refractivity contribution in [3.63, 3.8) is 0 Å². The van der Waals surface area contributed by atoms with E-state index in [4.69, 9.17) is 27.2 Å². The summed E-state index contributed by atoms with van der Waals surface area (Å²) in [5.41, 5.74) is 7.72. The van der Waals surface area contributed by atoms with Crippen molar-refractivity contribution in [3.05, 3.63) is 63.7 Å². The molecule has 1 aromatic carbocycles. The molecule has 0 aliphatic rings. The SMILES string of the molecule is CCCn1cc(N=C/C(=C\N)c2ccc(OCCCO)cc2Cl)ccc1=O. The maximum Gasteiger partial charge on any atom is 0.250 e. The van der Waals surface area contributed by atoms with Crippen LogP contribution in [0, 0.1) is 0 Å². The van der Waals surface area contributed by atoms with Crippen LogP contribution in [-0.4, -0.2) is 29.1 Å². The Morgan fingerprint density at radius 1 is 1.37 bits per heavy atom. The number of aryl methyl sites for hydroxylation is 1. The molecule has 2 aromatic rings. The van der Waals surface area contributed by atoms with E-state index in [1.54, 1.807) is 41.2 Å². The number of hydrogen-bond donors (Lipinski definition) is 2. The Morgan fingerprint density at radius 3 is 2.85 bits per heavy atom. The van der Waals surface area contributed by atoms with Crippen LogP contribution in [0.4, 0.5) is 5.69 Å². The smallest absolute Gasteiger partial charge is 0.250 e. The van der Waals surface area contributed by atoms with E-state index in [-0.39, 0.29) is 12.2 Å². The molecule has 1 heterocycles. The molecule has 0 unspecified atom stereocenters. The average Bonchev–Trinajstić information content (AvgIpc) is 2.66. The van der Waals surface area contributed by atoms with Gasteiger partial charge >= 0.3 is 0 Å². The third-order valence-electron chi connectivity index (χ3n) is 3.79. The summed E-state index contributed by atoms with van der Waals surface area (Å²) in [4.78, 5) is 16.2. The number of nitrogens with zero attached hydrogens (tertiary/aromatic N) is 2. The van der Waals surface area contributed by atoms with Gasteiger partial charge in [0, 0.05) is 55.4 Å². The van der Waals surface area contributed by atoms with Gasteiger partial charge < -0.3 is 20.1 Å². The topological polar surface area (TPSA) is 89.8 Å². The zero-order valence-electron chi connectivity index (χ0n) is 15.3. The highest BCUT2D eigenvalue weighted by molar-refractivity contribution is 6.34. The lowest BCUT2D eigenvalue weighted by molar-refractivity contribution is 0.233. The standard InChI is InChI=1S/C20H24ClN3O3/c1-2-8-24-14-16(4-7-20(24)26)23-13-15(12-22)18-6-5-17(11-19(18)21)27-10-3-9-25/h4-7,11-14,25H,2-3,8-10,22H2,1H3/b15-12+,23-13?. The summed E-state index contributed by atoms with van der Waals surface area (Å²) in [6, 6.07) is 8.46. The minimum absolute atomic E-state index is 0.0507. The third-order valence-corrected chi connectivity index (χ3v) is 4.10. The minimum Gasteiger partial charge on any atom is -0.493 e. The molecule has 0 bridgehead atoms. The fraction of sp³-hybridized carbons (Fsp3) is 0.300. The number of benzene rings is 1. The predicted molar refractivity (Wildman–Crippen MR) is 110 cm³/mol. The van der Waals surface area contributed by atoms with E-state index in [9.17, 15) is 4.79 Å². The van der Waals surface area contributed by atoms with E-state index < -0.39 is 0 Å². The Kier molecular flexibility index (Phi) is 8.10. The largest absolute Gasteiger partial charge is 0.493 e. The normalized spacial score (nSPS) is 11.9. The Labute approximate surface area is 163 Å². The van der Waals surface area contributed by atoms with Crippen LogP contribution in [-0.2, 0) is 6.54 Å². The van der Waals surface area contributed by atoms with E-state index >= 15 is 0 Å². The van der Waals surface area contributed by atoms with Crippen molar-refractivity contribution in [1.82, 2.24) is 4.57 Å². The summed E-state index contributed by atoms with van der Waals surface area (Å²) in [6.07, 6.45) is 6.18. The van der Waals surface area contributed by atoms with Crippen molar-refractivity contribution < 1.29 is 9.84 Å². The molecule has 0 aliphatic heterocycles. The first kappa shape index (κ1) is 20.7. The van der Waals surface area contributed by atoms with Crippen LogP contribution < -0.4 is 16.0 Å². The van der Waals surface area contributed by atoms with Crippen LogP contribution in [0.2, 0.25) is 5.02 Å². The number of hydrogen-bond acceptors (Lipinski definition) is 5. The molecule has 0 amide bonds. The van der Waals surface area contributed by atoms with E-state index in [2.05, 4.69) is 4.99 Å². The van der Waals surface area contributed by atoms with Crippen LogP contribution in [0.5, 0.6) is 5.75 Å². The number of ether oxygens (including phenoxy) is 1. The molecule has 0 aliphatic carbocycles. The average molecular weight is 390 g/mol. The van der Waals surface area contributed by atoms with Crippen LogP contribution in [0.15, 0.2) is 52.5 Å². The fourth-order valence-corrected chi connectivity index (χ4v) is 2.71. The molecule has 3 N–H and O–H groups in total. The quantitative estimate of drug-likeness (QED) is 0.508. The first-order valence-electron chi connectivity index (χ1n) is 8.79. The zero-order valence-corrected chi connectivity index (χ0v) is 16.0. The molecule has 0 atom stereocenters. The molecule has 0 spiro atoms. The van der Waals surface area contributed by atoms with E-state index in [0.717, 1.165) is 12.0 Å². The maximum absolute atomic E-state index is 11.8. The van der Waals surface area contributed by atoms with Gasteiger partial charge in [0.15, 0.2) is 0 Å². The van der Waals surface area contributed by atoms with Crippen LogP contribution in [0.3, 0.4) is 0 Å². The first-order valence-corrected chi connectivity index (χ1v) is 9.17. The number of halogens is 1. The summed E-state index contributed by atoms with van der Waals surface area (Å²) >= 11 is 6.35. The molecule has 7 heteroatoms. The second-order valence-corrected chi connectivity index (χ2v) is 6.27.